The summed E-state index contributed by atoms with van der Waals surface area (Å²) in [6.45, 7) is 8.05. The molecule has 1 aromatic carbocycles. The Morgan fingerprint density at radius 3 is 1.18 bits per heavy atom. The first-order chi connectivity index (χ1) is 10.5. The van der Waals surface area contributed by atoms with Gasteiger partial charge in [-0.25, -0.2) is 0 Å². The molecule has 0 aliphatic heterocycles. The highest BCUT2D eigenvalue weighted by Crippen LogP contribution is 2.25. The van der Waals surface area contributed by atoms with Crippen LogP contribution in [0.15, 0.2) is 24.3 Å². The van der Waals surface area contributed by atoms with Crippen LogP contribution in [0.2, 0.25) is 0 Å². The third kappa shape index (κ3) is 3.92. The molecule has 4 heteroatoms. The average molecular weight is 298 g/mol. The number of nitrogens with zero attached hydrogens (tertiary/aromatic N) is 2. The highest BCUT2D eigenvalue weighted by Gasteiger charge is 2.26. The van der Waals surface area contributed by atoms with E-state index in [0.717, 1.165) is 37.1 Å². The summed E-state index contributed by atoms with van der Waals surface area (Å²) in [6, 6.07) is 12.6. The van der Waals surface area contributed by atoms with Gasteiger partial charge in [0.05, 0.1) is 12.1 Å². The molecule has 0 aromatic heterocycles. The lowest BCUT2D eigenvalue weighted by atomic mass is 9.93. The normalized spacial score (nSPS) is 11.4. The predicted molar refractivity (Wildman–Crippen MR) is 91.5 cm³/mol. The summed E-state index contributed by atoms with van der Waals surface area (Å²) in [5.41, 5.74) is 0.814. The largest absolute Gasteiger partial charge is 0.367 e. The fraction of sp³-hybridized carbons (Fsp3) is 0.556. The standard InChI is InChI=1S/C18H26N4/c1-5-17(6-2,13-19)21-15-9-11-16(12-10-15)22-18(7-3,8-4)14-20/h9-12,21-22H,5-8H2,1-4H3. The highest BCUT2D eigenvalue weighted by molar-refractivity contribution is 5.57. The molecule has 0 spiro atoms. The molecule has 118 valence electrons. The molecule has 0 aliphatic rings. The third-order valence-electron chi connectivity index (χ3n) is 4.49. The molecular weight excluding hydrogens is 272 g/mol. The van der Waals surface area contributed by atoms with Crippen molar-refractivity contribution in [3.05, 3.63) is 24.3 Å². The molecule has 0 saturated heterocycles. The van der Waals surface area contributed by atoms with Gasteiger partial charge in [0.2, 0.25) is 0 Å². The van der Waals surface area contributed by atoms with Gasteiger partial charge in [0.25, 0.3) is 0 Å². The van der Waals surface area contributed by atoms with Crippen LogP contribution in [0, 0.1) is 22.7 Å². The van der Waals surface area contributed by atoms with Crippen LogP contribution in [0.1, 0.15) is 53.4 Å². The van der Waals surface area contributed by atoms with Gasteiger partial charge in [-0.3, -0.25) is 0 Å². The third-order valence-corrected chi connectivity index (χ3v) is 4.49. The van der Waals surface area contributed by atoms with E-state index in [4.69, 9.17) is 0 Å². The van der Waals surface area contributed by atoms with Crippen LogP contribution in [0.25, 0.3) is 0 Å². The predicted octanol–water partition coefficient (Wildman–Crippen LogP) is 4.68. The average Bonchev–Trinajstić information content (AvgIpc) is 2.59. The summed E-state index contributed by atoms with van der Waals surface area (Å²) < 4.78 is 0. The van der Waals surface area contributed by atoms with Gasteiger partial charge in [-0.2, -0.15) is 10.5 Å². The molecule has 0 heterocycles. The number of hydrogen-bond acceptors (Lipinski definition) is 4. The van der Waals surface area contributed by atoms with Crippen molar-refractivity contribution in [2.24, 2.45) is 0 Å². The van der Waals surface area contributed by atoms with Crippen molar-refractivity contribution in [2.75, 3.05) is 10.6 Å². The lowest BCUT2D eigenvalue weighted by Crippen LogP contribution is -2.35. The van der Waals surface area contributed by atoms with Crippen LogP contribution in [0.3, 0.4) is 0 Å². The van der Waals surface area contributed by atoms with Crippen molar-refractivity contribution in [2.45, 2.75) is 64.5 Å². The molecule has 4 nitrogen and oxygen atoms in total. The first-order valence-electron chi connectivity index (χ1n) is 8.01. The second-order valence-electron chi connectivity index (χ2n) is 5.63. The van der Waals surface area contributed by atoms with Crippen molar-refractivity contribution < 1.29 is 0 Å². The van der Waals surface area contributed by atoms with E-state index in [0.29, 0.717) is 0 Å². The van der Waals surface area contributed by atoms with Crippen LogP contribution >= 0.6 is 0 Å². The summed E-state index contributed by atoms with van der Waals surface area (Å²) in [5.74, 6) is 0. The van der Waals surface area contributed by atoms with Crippen molar-refractivity contribution in [3.8, 4) is 12.1 Å². The monoisotopic (exact) mass is 298 g/mol. The van der Waals surface area contributed by atoms with Crippen molar-refractivity contribution in [1.82, 2.24) is 0 Å². The maximum Gasteiger partial charge on any atom is 0.124 e. The molecule has 0 saturated carbocycles. The first kappa shape index (κ1) is 17.9. The van der Waals surface area contributed by atoms with E-state index >= 15 is 0 Å². The van der Waals surface area contributed by atoms with E-state index in [1.165, 1.54) is 0 Å². The zero-order valence-electron chi connectivity index (χ0n) is 14.0. The molecule has 22 heavy (non-hydrogen) atoms. The minimum absolute atomic E-state index is 0.516. The van der Waals surface area contributed by atoms with Crippen LogP contribution in [-0.4, -0.2) is 11.1 Å². The Balaban J connectivity index is 2.88. The van der Waals surface area contributed by atoms with Gasteiger partial charge in [0, 0.05) is 11.4 Å². The molecule has 0 amide bonds. The van der Waals surface area contributed by atoms with Crippen molar-refractivity contribution >= 4 is 11.4 Å². The van der Waals surface area contributed by atoms with E-state index < -0.39 is 11.1 Å². The Morgan fingerprint density at radius 1 is 0.727 bits per heavy atom. The molecule has 0 bridgehead atoms. The van der Waals surface area contributed by atoms with Crippen LogP contribution in [0.4, 0.5) is 11.4 Å². The molecular formula is C18H26N4. The van der Waals surface area contributed by atoms with Gasteiger partial charge in [-0.15, -0.1) is 0 Å². The van der Waals surface area contributed by atoms with Gasteiger partial charge in [0.1, 0.15) is 11.1 Å². The Hall–Kier alpha value is -2.20. The highest BCUT2D eigenvalue weighted by atomic mass is 15.0. The number of hydrogen-bond donors (Lipinski definition) is 2. The van der Waals surface area contributed by atoms with Gasteiger partial charge in [-0.1, -0.05) is 27.7 Å². The molecule has 2 N–H and O–H groups in total. The minimum atomic E-state index is -0.516. The topological polar surface area (TPSA) is 71.6 Å². The van der Waals surface area contributed by atoms with E-state index in [-0.39, 0.29) is 0 Å². The number of nitrogens with one attached hydrogen (secondary N) is 2. The van der Waals surface area contributed by atoms with Crippen molar-refractivity contribution in [1.29, 1.82) is 10.5 Å². The molecule has 0 aliphatic carbocycles. The fourth-order valence-electron chi connectivity index (χ4n) is 2.42. The van der Waals surface area contributed by atoms with Crippen LogP contribution in [0.5, 0.6) is 0 Å². The Labute approximate surface area is 134 Å². The smallest absolute Gasteiger partial charge is 0.124 e. The van der Waals surface area contributed by atoms with Crippen LogP contribution < -0.4 is 10.6 Å². The first-order valence-corrected chi connectivity index (χ1v) is 8.01. The van der Waals surface area contributed by atoms with Gasteiger partial charge in [-0.05, 0) is 49.9 Å². The number of anilines is 2. The zero-order valence-corrected chi connectivity index (χ0v) is 14.0. The summed E-state index contributed by atoms with van der Waals surface area (Å²) in [5, 5.41) is 25.4. The van der Waals surface area contributed by atoms with E-state index in [1.807, 2.05) is 52.0 Å². The summed E-state index contributed by atoms with van der Waals surface area (Å²) in [6.07, 6.45) is 3.01. The molecule has 0 radical (unpaired) electrons. The Morgan fingerprint density at radius 2 is 1.00 bits per heavy atom. The fourth-order valence-corrected chi connectivity index (χ4v) is 2.42. The number of nitriles is 2. The summed E-state index contributed by atoms with van der Waals surface area (Å²) >= 11 is 0. The second-order valence-corrected chi connectivity index (χ2v) is 5.63. The molecule has 0 atom stereocenters. The molecule has 1 rings (SSSR count). The van der Waals surface area contributed by atoms with E-state index in [9.17, 15) is 10.5 Å². The lowest BCUT2D eigenvalue weighted by molar-refractivity contribution is 0.547. The van der Waals surface area contributed by atoms with Gasteiger partial charge >= 0.3 is 0 Å². The summed E-state index contributed by atoms with van der Waals surface area (Å²) in [4.78, 5) is 0. The molecule has 0 unspecified atom stereocenters. The Bertz CT molecular complexity index is 489. The zero-order chi connectivity index (χ0) is 16.6. The minimum Gasteiger partial charge on any atom is -0.367 e. The van der Waals surface area contributed by atoms with Gasteiger partial charge in [0.15, 0.2) is 0 Å². The van der Waals surface area contributed by atoms with E-state index in [2.05, 4.69) is 22.8 Å². The van der Waals surface area contributed by atoms with Gasteiger partial charge < -0.3 is 10.6 Å². The van der Waals surface area contributed by atoms with Crippen LogP contribution in [-0.2, 0) is 0 Å². The molecule has 0 fully saturated rings. The maximum absolute atomic E-state index is 9.38. The maximum atomic E-state index is 9.38. The second kappa shape index (κ2) is 7.71. The van der Waals surface area contributed by atoms with Crippen molar-refractivity contribution in [3.63, 3.8) is 0 Å². The quantitative estimate of drug-likeness (QED) is 0.731. The van der Waals surface area contributed by atoms with E-state index in [1.54, 1.807) is 0 Å². The lowest BCUT2D eigenvalue weighted by Gasteiger charge is -2.28. The number of rotatable bonds is 8. The molecule has 1 aromatic rings. The SMILES string of the molecule is CCC(C#N)(CC)Nc1ccc(NC(C#N)(CC)CC)cc1. The number of benzene rings is 1. The summed E-state index contributed by atoms with van der Waals surface area (Å²) in [7, 11) is 0. The Kier molecular flexibility index (Phi) is 6.25.